The summed E-state index contributed by atoms with van der Waals surface area (Å²) in [6, 6.07) is 5.20. The minimum absolute atomic E-state index is 0.147. The van der Waals surface area contributed by atoms with Crippen molar-refractivity contribution in [2.24, 2.45) is 0 Å². The van der Waals surface area contributed by atoms with Crippen molar-refractivity contribution in [1.29, 1.82) is 0 Å². The molecule has 1 atom stereocenters. The molecule has 0 spiro atoms. The minimum atomic E-state index is -4.39. The molecule has 1 amide bonds. The highest BCUT2D eigenvalue weighted by Crippen LogP contribution is 2.45. The van der Waals surface area contributed by atoms with Crippen molar-refractivity contribution in [2.75, 3.05) is 19.1 Å². The van der Waals surface area contributed by atoms with E-state index < -0.39 is 24.5 Å². The van der Waals surface area contributed by atoms with Crippen LogP contribution in [0.3, 0.4) is 0 Å². The van der Waals surface area contributed by atoms with Gasteiger partial charge in [-0.3, -0.25) is 9.69 Å². The zero-order chi connectivity index (χ0) is 22.9. The standard InChI is InChI=1S/C21H18F3N5O3/c1-31-15-10-12-13(11-16(15)32-2)20(30)29(14(12)4-6-21(22,23)24)17-5-9-27-19(28-17)18-25-7-3-8-26-18/h3,5,7-11,14H,4,6H2,1-2H3/t14-/m0/s1. The summed E-state index contributed by atoms with van der Waals surface area (Å²) >= 11 is 0. The monoisotopic (exact) mass is 445 g/mol. The average Bonchev–Trinajstić information content (AvgIpc) is 3.07. The van der Waals surface area contributed by atoms with Crippen LogP contribution in [0, 0.1) is 0 Å². The minimum Gasteiger partial charge on any atom is -0.493 e. The predicted octanol–water partition coefficient (Wildman–Crippen LogP) is 3.99. The van der Waals surface area contributed by atoms with E-state index in [-0.39, 0.29) is 29.5 Å². The lowest BCUT2D eigenvalue weighted by Gasteiger charge is -2.25. The Morgan fingerprint density at radius 1 is 1.00 bits per heavy atom. The van der Waals surface area contributed by atoms with Crippen molar-refractivity contribution < 1.29 is 27.4 Å². The first-order chi connectivity index (χ1) is 15.3. The average molecular weight is 445 g/mol. The number of hydrogen-bond donors (Lipinski definition) is 0. The van der Waals surface area contributed by atoms with E-state index in [0.29, 0.717) is 17.1 Å². The van der Waals surface area contributed by atoms with Gasteiger partial charge in [0, 0.05) is 30.6 Å². The molecular formula is C21H18F3N5O3. The Hall–Kier alpha value is -3.76. The van der Waals surface area contributed by atoms with Gasteiger partial charge in [-0.2, -0.15) is 13.2 Å². The number of rotatable bonds is 6. The number of ether oxygens (including phenoxy) is 2. The second kappa shape index (κ2) is 8.40. The van der Waals surface area contributed by atoms with Crippen LogP contribution in [0.5, 0.6) is 11.5 Å². The van der Waals surface area contributed by atoms with Crippen LogP contribution in [-0.2, 0) is 0 Å². The van der Waals surface area contributed by atoms with Gasteiger partial charge in [0.25, 0.3) is 5.91 Å². The van der Waals surface area contributed by atoms with Crippen molar-refractivity contribution in [3.8, 4) is 23.1 Å². The van der Waals surface area contributed by atoms with Crippen molar-refractivity contribution in [3.05, 3.63) is 54.0 Å². The van der Waals surface area contributed by atoms with E-state index in [9.17, 15) is 18.0 Å². The molecule has 1 aliphatic rings. The maximum absolute atomic E-state index is 13.3. The van der Waals surface area contributed by atoms with Crippen LogP contribution in [0.1, 0.15) is 34.8 Å². The van der Waals surface area contributed by atoms with Crippen LogP contribution >= 0.6 is 0 Å². The topological polar surface area (TPSA) is 90.3 Å². The van der Waals surface area contributed by atoms with Crippen molar-refractivity contribution in [2.45, 2.75) is 25.1 Å². The number of amides is 1. The lowest BCUT2D eigenvalue weighted by atomic mass is 9.99. The molecule has 3 heterocycles. The molecular weight excluding hydrogens is 427 g/mol. The molecule has 1 aliphatic heterocycles. The largest absolute Gasteiger partial charge is 0.493 e. The molecule has 0 N–H and O–H groups in total. The summed E-state index contributed by atoms with van der Waals surface area (Å²) in [6.45, 7) is 0. The fourth-order valence-electron chi connectivity index (χ4n) is 3.62. The summed E-state index contributed by atoms with van der Waals surface area (Å²) in [6.07, 6.45) is -1.37. The van der Waals surface area contributed by atoms with Gasteiger partial charge >= 0.3 is 6.18 Å². The molecule has 0 bridgehead atoms. The number of anilines is 1. The number of nitrogens with zero attached hydrogens (tertiary/aromatic N) is 5. The van der Waals surface area contributed by atoms with Gasteiger partial charge in [-0.1, -0.05) is 0 Å². The van der Waals surface area contributed by atoms with Gasteiger partial charge in [0.2, 0.25) is 0 Å². The van der Waals surface area contributed by atoms with Crippen LogP contribution in [0.2, 0.25) is 0 Å². The second-order valence-electron chi connectivity index (χ2n) is 6.95. The Morgan fingerprint density at radius 3 is 2.31 bits per heavy atom. The van der Waals surface area contributed by atoms with E-state index in [1.165, 1.54) is 55.9 Å². The van der Waals surface area contributed by atoms with Crippen LogP contribution in [-0.4, -0.2) is 46.2 Å². The lowest BCUT2D eigenvalue weighted by molar-refractivity contribution is -0.136. The van der Waals surface area contributed by atoms with Crippen molar-refractivity contribution in [1.82, 2.24) is 19.9 Å². The van der Waals surface area contributed by atoms with Gasteiger partial charge in [-0.05, 0) is 36.2 Å². The molecule has 1 aromatic carbocycles. The van der Waals surface area contributed by atoms with E-state index in [1.807, 2.05) is 0 Å². The third-order valence-electron chi connectivity index (χ3n) is 5.03. The van der Waals surface area contributed by atoms with Gasteiger partial charge < -0.3 is 9.47 Å². The van der Waals surface area contributed by atoms with E-state index in [4.69, 9.17) is 9.47 Å². The number of halogens is 3. The molecule has 8 nitrogen and oxygen atoms in total. The summed E-state index contributed by atoms with van der Waals surface area (Å²) < 4.78 is 49.8. The molecule has 166 valence electrons. The third kappa shape index (κ3) is 4.05. The lowest BCUT2D eigenvalue weighted by Crippen LogP contribution is -2.29. The quantitative estimate of drug-likeness (QED) is 0.567. The number of methoxy groups -OCH3 is 2. The first kappa shape index (κ1) is 21.5. The smallest absolute Gasteiger partial charge is 0.389 e. The highest BCUT2D eigenvalue weighted by atomic mass is 19.4. The molecule has 0 saturated heterocycles. The SMILES string of the molecule is COc1cc2c(cc1OC)[C@H](CCC(F)(F)F)N(c1ccnc(-c3ncccn3)n1)C2=O. The first-order valence-corrected chi connectivity index (χ1v) is 9.59. The normalized spacial score (nSPS) is 15.6. The van der Waals surface area contributed by atoms with E-state index >= 15 is 0 Å². The molecule has 4 rings (SSSR count). The molecule has 0 aliphatic carbocycles. The molecule has 3 aromatic rings. The van der Waals surface area contributed by atoms with Gasteiger partial charge in [0.15, 0.2) is 23.1 Å². The molecule has 0 fully saturated rings. The Morgan fingerprint density at radius 2 is 1.66 bits per heavy atom. The van der Waals surface area contributed by atoms with Gasteiger partial charge in [-0.25, -0.2) is 19.9 Å². The molecule has 0 saturated carbocycles. The highest BCUT2D eigenvalue weighted by molar-refractivity contribution is 6.11. The number of benzene rings is 1. The van der Waals surface area contributed by atoms with E-state index in [1.54, 1.807) is 6.07 Å². The molecule has 32 heavy (non-hydrogen) atoms. The predicted molar refractivity (Wildman–Crippen MR) is 107 cm³/mol. The molecule has 2 aromatic heterocycles. The fraction of sp³-hybridized carbons (Fsp3) is 0.286. The van der Waals surface area contributed by atoms with E-state index in [2.05, 4.69) is 19.9 Å². The van der Waals surface area contributed by atoms with Crippen molar-refractivity contribution in [3.63, 3.8) is 0 Å². The number of carbonyl (C=O) groups excluding carboxylic acids is 1. The Bertz CT molecular complexity index is 1140. The molecule has 0 unspecified atom stereocenters. The van der Waals surface area contributed by atoms with Crippen LogP contribution in [0.4, 0.5) is 19.0 Å². The zero-order valence-electron chi connectivity index (χ0n) is 17.1. The Balaban J connectivity index is 1.80. The summed E-state index contributed by atoms with van der Waals surface area (Å²) in [5, 5.41) is 0. The van der Waals surface area contributed by atoms with Crippen molar-refractivity contribution >= 4 is 11.7 Å². The number of alkyl halides is 3. The second-order valence-corrected chi connectivity index (χ2v) is 6.95. The van der Waals surface area contributed by atoms with Gasteiger partial charge in [-0.15, -0.1) is 0 Å². The number of hydrogen-bond acceptors (Lipinski definition) is 7. The highest BCUT2D eigenvalue weighted by Gasteiger charge is 2.42. The van der Waals surface area contributed by atoms with E-state index in [0.717, 1.165) is 0 Å². The summed E-state index contributed by atoms with van der Waals surface area (Å²) in [4.78, 5) is 31.2. The Kier molecular flexibility index (Phi) is 5.64. The Labute approximate surface area is 181 Å². The first-order valence-electron chi connectivity index (χ1n) is 9.59. The van der Waals surface area contributed by atoms with Gasteiger partial charge in [0.05, 0.1) is 20.3 Å². The number of fused-ring (bicyclic) bond motifs is 1. The maximum Gasteiger partial charge on any atom is 0.389 e. The summed E-state index contributed by atoms with van der Waals surface area (Å²) in [5.74, 6) is 0.654. The summed E-state index contributed by atoms with van der Waals surface area (Å²) in [7, 11) is 2.83. The zero-order valence-corrected chi connectivity index (χ0v) is 17.1. The fourth-order valence-corrected chi connectivity index (χ4v) is 3.62. The molecule has 11 heteroatoms. The van der Waals surface area contributed by atoms with Crippen LogP contribution < -0.4 is 14.4 Å². The van der Waals surface area contributed by atoms with Crippen LogP contribution in [0.25, 0.3) is 11.6 Å². The number of aromatic nitrogens is 4. The third-order valence-corrected chi connectivity index (χ3v) is 5.03. The maximum atomic E-state index is 13.3. The number of carbonyl (C=O) groups is 1. The molecule has 0 radical (unpaired) electrons. The van der Waals surface area contributed by atoms with Crippen LogP contribution in [0.15, 0.2) is 42.9 Å². The summed E-state index contributed by atoms with van der Waals surface area (Å²) in [5.41, 5.74) is 0.638. The van der Waals surface area contributed by atoms with Gasteiger partial charge in [0.1, 0.15) is 5.82 Å².